The van der Waals surface area contributed by atoms with Crippen molar-refractivity contribution in [3.05, 3.63) is 0 Å². The summed E-state index contributed by atoms with van der Waals surface area (Å²) in [6.45, 7) is 12.9. The normalized spacial score (nSPS) is 11.9. The largest absolute Gasteiger partial charge is 0.383 e. The minimum atomic E-state index is 0.116. The molecule has 0 bridgehead atoms. The number of nitrogens with zero attached hydrogens (tertiary/aromatic N) is 6. The van der Waals surface area contributed by atoms with Crippen LogP contribution in [-0.4, -0.2) is 181 Å². The Morgan fingerprint density at radius 2 is 1.03 bits per heavy atom. The fraction of sp³-hybridized carbons (Fsp3) is 0.958. The monoisotopic (exact) mass is 481 g/mol. The van der Waals surface area contributed by atoms with Gasteiger partial charge in [0.25, 0.3) is 0 Å². The molecule has 0 saturated heterocycles. The molecule has 0 spiro atoms. The highest BCUT2D eigenvalue weighted by Gasteiger charge is 2.11. The third-order valence-corrected chi connectivity index (χ3v) is 3.88. The van der Waals surface area contributed by atoms with Crippen LogP contribution in [0.2, 0.25) is 0 Å². The van der Waals surface area contributed by atoms with Gasteiger partial charge in [-0.05, 0) is 48.9 Å². The minimum Gasteiger partial charge on any atom is -0.383 e. The van der Waals surface area contributed by atoms with Gasteiger partial charge < -0.3 is 38.4 Å². The van der Waals surface area contributed by atoms with Gasteiger partial charge in [-0.3, -0.25) is 4.90 Å². The number of ether oxygens (including phenoxy) is 3. The van der Waals surface area contributed by atoms with Gasteiger partial charge in [0.1, 0.15) is 6.23 Å². The second-order valence-corrected chi connectivity index (χ2v) is 9.77. The highest BCUT2D eigenvalue weighted by molar-refractivity contribution is 5.22. The van der Waals surface area contributed by atoms with Crippen molar-refractivity contribution in [1.82, 2.24) is 19.6 Å². The predicted octanol–water partition coefficient (Wildman–Crippen LogP) is 1.25. The van der Waals surface area contributed by atoms with Crippen LogP contribution >= 0.6 is 0 Å². The Balaban J connectivity index is -0.000000193. The molecule has 0 aliphatic rings. The van der Waals surface area contributed by atoms with Crippen molar-refractivity contribution in [3.63, 3.8) is 0 Å². The Hall–Kier alpha value is -0.650. The summed E-state index contributed by atoms with van der Waals surface area (Å²) in [6.07, 6.45) is 0.116. The number of likely N-dealkylation sites (N-methyl/N-ethyl adjacent to an activating group) is 3. The van der Waals surface area contributed by atoms with Crippen molar-refractivity contribution in [2.24, 2.45) is 4.99 Å². The Morgan fingerprint density at radius 3 is 1.24 bits per heavy atom. The number of rotatable bonds is 14. The molecule has 9 heteroatoms. The van der Waals surface area contributed by atoms with Crippen LogP contribution in [0.1, 0.15) is 6.92 Å². The van der Waals surface area contributed by atoms with E-state index in [1.165, 1.54) is 0 Å². The van der Waals surface area contributed by atoms with Gasteiger partial charge in [-0.1, -0.05) is 0 Å². The lowest BCUT2D eigenvalue weighted by Crippen LogP contribution is -2.39. The number of aliphatic imine (C=N–C) groups is 1. The van der Waals surface area contributed by atoms with Crippen LogP contribution < -0.4 is 0 Å². The third kappa shape index (κ3) is 49.5. The first-order chi connectivity index (χ1) is 15.2. The molecule has 33 heavy (non-hydrogen) atoms. The van der Waals surface area contributed by atoms with Gasteiger partial charge in [0.2, 0.25) is 0 Å². The lowest BCUT2D eigenvalue weighted by atomic mass is 10.4. The summed E-state index contributed by atoms with van der Waals surface area (Å²) < 4.78 is 16.2. The molecule has 1 unspecified atom stereocenters. The van der Waals surface area contributed by atoms with Gasteiger partial charge in [-0.2, -0.15) is 0 Å². The highest BCUT2D eigenvalue weighted by Crippen LogP contribution is 1.98. The Bertz CT molecular complexity index is 354. The van der Waals surface area contributed by atoms with E-state index in [9.17, 15) is 0 Å². The van der Waals surface area contributed by atoms with E-state index in [1.807, 2.05) is 6.92 Å². The van der Waals surface area contributed by atoms with Crippen molar-refractivity contribution in [3.8, 4) is 0 Å². The van der Waals surface area contributed by atoms with Crippen LogP contribution in [0.4, 0.5) is 0 Å². The Kier molecular flexibility index (Phi) is 33.1. The molecule has 0 rings (SSSR count). The van der Waals surface area contributed by atoms with Gasteiger partial charge in [0.05, 0.1) is 41.4 Å². The summed E-state index contributed by atoms with van der Waals surface area (Å²) in [7, 11) is 25.9. The number of quaternary nitrogens is 1. The molecule has 0 saturated carbocycles. The summed E-state index contributed by atoms with van der Waals surface area (Å²) in [5, 5.41) is 0. The fourth-order valence-corrected chi connectivity index (χ4v) is 1.89. The average molecular weight is 482 g/mol. The van der Waals surface area contributed by atoms with E-state index >= 15 is 0 Å². The molecule has 0 aromatic carbocycles. The topological polar surface area (TPSA) is 53.0 Å². The second kappa shape index (κ2) is 27.6. The third-order valence-electron chi connectivity index (χ3n) is 3.88. The van der Waals surface area contributed by atoms with E-state index in [2.05, 4.69) is 94.7 Å². The number of hydrogen-bond donors (Lipinski definition) is 0. The van der Waals surface area contributed by atoms with Crippen molar-refractivity contribution in [1.29, 1.82) is 0 Å². The van der Waals surface area contributed by atoms with E-state index in [1.54, 1.807) is 28.4 Å². The van der Waals surface area contributed by atoms with Gasteiger partial charge in [0.15, 0.2) is 0 Å². The van der Waals surface area contributed by atoms with E-state index < -0.39 is 0 Å². The zero-order valence-corrected chi connectivity index (χ0v) is 24.8. The van der Waals surface area contributed by atoms with Crippen LogP contribution in [0.3, 0.4) is 0 Å². The quantitative estimate of drug-likeness (QED) is 0.210. The summed E-state index contributed by atoms with van der Waals surface area (Å²) >= 11 is 0. The van der Waals surface area contributed by atoms with Crippen molar-refractivity contribution in [2.45, 2.75) is 13.2 Å². The molecule has 0 amide bonds. The Morgan fingerprint density at radius 1 is 0.727 bits per heavy atom. The highest BCUT2D eigenvalue weighted by atomic mass is 16.5. The lowest BCUT2D eigenvalue weighted by Gasteiger charge is -2.27. The van der Waals surface area contributed by atoms with Crippen LogP contribution in [0.15, 0.2) is 4.99 Å². The molecule has 0 aliphatic heterocycles. The molecule has 1 atom stereocenters. The first kappa shape index (κ1) is 39.6. The molecule has 0 N–H and O–H groups in total. The van der Waals surface area contributed by atoms with Gasteiger partial charge >= 0.3 is 0 Å². The number of methoxy groups -OCH3 is 3. The Labute approximate surface area is 207 Å². The lowest BCUT2D eigenvalue weighted by molar-refractivity contribution is -0.849. The van der Waals surface area contributed by atoms with Crippen molar-refractivity contribution >= 4 is 6.72 Å². The molecule has 0 heterocycles. The number of hydrogen-bond acceptors (Lipinski definition) is 8. The average Bonchev–Trinajstić information content (AvgIpc) is 2.70. The van der Waals surface area contributed by atoms with Gasteiger partial charge in [-0.25, -0.2) is 0 Å². The summed E-state index contributed by atoms with van der Waals surface area (Å²) in [6, 6.07) is 0. The molecule has 204 valence electrons. The van der Waals surface area contributed by atoms with Crippen LogP contribution in [0, 0.1) is 0 Å². The van der Waals surface area contributed by atoms with E-state index in [0.29, 0.717) is 0 Å². The molecule has 9 nitrogen and oxygen atoms in total. The van der Waals surface area contributed by atoms with E-state index in [4.69, 9.17) is 14.2 Å². The van der Waals surface area contributed by atoms with E-state index in [-0.39, 0.29) is 6.23 Å². The van der Waals surface area contributed by atoms with Crippen LogP contribution in [-0.2, 0) is 14.2 Å². The molecule has 0 fully saturated rings. The molecule has 0 aliphatic carbocycles. The van der Waals surface area contributed by atoms with Crippen LogP contribution in [0.25, 0.3) is 0 Å². The fourth-order valence-electron chi connectivity index (χ4n) is 1.89. The van der Waals surface area contributed by atoms with Gasteiger partial charge in [-0.15, -0.1) is 0 Å². The predicted molar refractivity (Wildman–Crippen MR) is 146 cm³/mol. The van der Waals surface area contributed by atoms with Gasteiger partial charge in [0, 0.05) is 67.6 Å². The van der Waals surface area contributed by atoms with E-state index in [0.717, 1.165) is 57.0 Å². The van der Waals surface area contributed by atoms with Crippen molar-refractivity contribution in [2.75, 3.05) is 144 Å². The summed E-state index contributed by atoms with van der Waals surface area (Å²) in [5.41, 5.74) is 0. The molecule has 0 radical (unpaired) electrons. The maximum Gasteiger partial charge on any atom is 0.107 e. The molecule has 0 aromatic rings. The second-order valence-electron chi connectivity index (χ2n) is 9.77. The van der Waals surface area contributed by atoms with Crippen LogP contribution in [0.5, 0.6) is 0 Å². The zero-order valence-electron chi connectivity index (χ0n) is 24.8. The summed E-state index contributed by atoms with van der Waals surface area (Å²) in [5.74, 6) is 0. The standard InChI is InChI=1S/C9H23N3.C9H21NO3.C4H12N.C2H5N/c1-10(2)6-8-12(5)9-7-11(3)4;1-9(13-4)10(5-7-11-2)6-8-12-3;1-5(2,3)4;1-3-2/h6-9H2,1-5H3;9H,5-8H2,1-4H3;1-4H3;1H2,2H3/q;;+1;. The smallest absolute Gasteiger partial charge is 0.107 e. The van der Waals surface area contributed by atoms with Crippen molar-refractivity contribution < 1.29 is 18.7 Å². The SMILES string of the molecule is C=NC.CN(C)CCN(C)CCN(C)C.COCCN(CCOC)C(C)OC.C[N+](C)(C)C. The molecular formula is C24H61N6O3+. The molecular weight excluding hydrogens is 420 g/mol. The maximum atomic E-state index is 5.22. The first-order valence-corrected chi connectivity index (χ1v) is 11.6. The maximum absolute atomic E-state index is 5.22. The zero-order chi connectivity index (χ0) is 26.9. The molecule has 0 aromatic heterocycles. The minimum absolute atomic E-state index is 0.116. The first-order valence-electron chi connectivity index (χ1n) is 11.6. The summed E-state index contributed by atoms with van der Waals surface area (Å²) in [4.78, 5) is 12.2.